The summed E-state index contributed by atoms with van der Waals surface area (Å²) in [4.78, 5) is 13.6. The summed E-state index contributed by atoms with van der Waals surface area (Å²) < 4.78 is 49.5. The van der Waals surface area contributed by atoms with Crippen molar-refractivity contribution in [2.75, 3.05) is 23.8 Å². The first kappa shape index (κ1) is 22.9. The summed E-state index contributed by atoms with van der Waals surface area (Å²) in [6, 6.07) is 1.37. The number of nitrogens with one attached hydrogen (secondary N) is 2. The van der Waals surface area contributed by atoms with Gasteiger partial charge in [-0.1, -0.05) is 19.3 Å². The zero-order valence-corrected chi connectivity index (χ0v) is 18.6. The molecule has 3 heterocycles. The van der Waals surface area contributed by atoms with Crippen LogP contribution < -0.4 is 10.6 Å². The van der Waals surface area contributed by atoms with Crippen LogP contribution in [0.5, 0.6) is 0 Å². The van der Waals surface area contributed by atoms with Crippen LogP contribution in [0.25, 0.3) is 11.2 Å². The Morgan fingerprint density at radius 3 is 2.56 bits per heavy atom. The maximum atomic E-state index is 14.4. The van der Waals surface area contributed by atoms with Crippen LogP contribution in [0.3, 0.4) is 0 Å². The second-order valence-corrected chi connectivity index (χ2v) is 8.91. The molecule has 1 aliphatic carbocycles. The highest BCUT2D eigenvalue weighted by atomic mass is 19.1. The quantitative estimate of drug-likeness (QED) is 0.484. The van der Waals surface area contributed by atoms with Crippen molar-refractivity contribution in [3.8, 4) is 0 Å². The summed E-state index contributed by atoms with van der Waals surface area (Å²) in [7, 11) is 0. The van der Waals surface area contributed by atoms with Gasteiger partial charge in [0.1, 0.15) is 17.0 Å². The van der Waals surface area contributed by atoms with Crippen LogP contribution in [0.2, 0.25) is 0 Å². The smallest absolute Gasteiger partial charge is 0.224 e. The highest BCUT2D eigenvalue weighted by Gasteiger charge is 2.26. The molecule has 0 bridgehead atoms. The van der Waals surface area contributed by atoms with Crippen LogP contribution in [0.15, 0.2) is 18.3 Å². The fraction of sp³-hybridized carbons (Fsp3) is 0.522. The molecule has 0 spiro atoms. The third-order valence-electron chi connectivity index (χ3n) is 6.52. The average molecular weight is 477 g/mol. The molecule has 1 aliphatic heterocycles. The first-order chi connectivity index (χ1) is 16.5. The van der Waals surface area contributed by atoms with Crippen LogP contribution in [-0.2, 0) is 4.74 Å². The molecule has 8 nitrogen and oxygen atoms in total. The van der Waals surface area contributed by atoms with Crippen LogP contribution in [-0.4, -0.2) is 50.0 Å². The van der Waals surface area contributed by atoms with Gasteiger partial charge in [0.05, 0.1) is 18.9 Å². The Kier molecular flexibility index (Phi) is 6.55. The summed E-state index contributed by atoms with van der Waals surface area (Å²) in [6.07, 6.45) is 7.72. The molecule has 0 amide bonds. The Morgan fingerprint density at radius 2 is 1.82 bits per heavy atom. The molecule has 2 fully saturated rings. The van der Waals surface area contributed by atoms with Gasteiger partial charge in [-0.2, -0.15) is 4.98 Å². The Hall–Kier alpha value is -2.92. The monoisotopic (exact) mass is 476 g/mol. The predicted octanol–water partition coefficient (Wildman–Crippen LogP) is 4.44. The summed E-state index contributed by atoms with van der Waals surface area (Å²) in [5.74, 6) is -2.40. The molecule has 3 N–H and O–H groups in total. The van der Waals surface area contributed by atoms with Crippen molar-refractivity contribution in [3.05, 3.63) is 35.8 Å². The number of aliphatic hydroxyl groups is 1. The van der Waals surface area contributed by atoms with Crippen molar-refractivity contribution in [3.63, 3.8) is 0 Å². The largest absolute Gasteiger partial charge is 0.394 e. The molecule has 3 aromatic rings. The third kappa shape index (κ3) is 4.67. The van der Waals surface area contributed by atoms with Gasteiger partial charge in [-0.25, -0.2) is 23.1 Å². The molecular weight excluding hydrogens is 449 g/mol. The van der Waals surface area contributed by atoms with E-state index in [1.807, 2.05) is 4.57 Å². The standard InChI is InChI=1S/C23H27F3N6O2/c24-13-8-17(25)20(18(26)9-13)30-23-29-19-11-27-22(28-14-6-7-34-16(10-14)12-33)31-21(19)32(23)15-4-2-1-3-5-15/h8-9,11,14-16,33H,1-7,10,12H2,(H,29,30)(H,27,28,31)/t14-,16+/m1/s1. The highest BCUT2D eigenvalue weighted by molar-refractivity contribution is 5.76. The van der Waals surface area contributed by atoms with E-state index in [1.54, 1.807) is 6.20 Å². The SMILES string of the molecule is OC[C@@H]1C[C@H](Nc2ncc3nc(Nc4c(F)cc(F)cc4F)n(C4CCCCC4)c3n2)CCO1. The Labute approximate surface area is 194 Å². The van der Waals surface area contributed by atoms with Crippen molar-refractivity contribution < 1.29 is 23.0 Å². The van der Waals surface area contributed by atoms with Crippen molar-refractivity contribution in [2.24, 2.45) is 0 Å². The van der Waals surface area contributed by atoms with Gasteiger partial charge >= 0.3 is 0 Å². The fourth-order valence-electron chi connectivity index (χ4n) is 4.83. The zero-order valence-electron chi connectivity index (χ0n) is 18.6. The first-order valence-electron chi connectivity index (χ1n) is 11.7. The van der Waals surface area contributed by atoms with Gasteiger partial charge in [0.2, 0.25) is 11.9 Å². The number of hydrogen-bond donors (Lipinski definition) is 3. The number of rotatable bonds is 6. The minimum Gasteiger partial charge on any atom is -0.394 e. The van der Waals surface area contributed by atoms with Crippen molar-refractivity contribution in [1.82, 2.24) is 19.5 Å². The molecule has 34 heavy (non-hydrogen) atoms. The molecular formula is C23H27F3N6O2. The van der Waals surface area contributed by atoms with Gasteiger partial charge < -0.3 is 20.5 Å². The van der Waals surface area contributed by atoms with Gasteiger partial charge in [-0.3, -0.25) is 4.57 Å². The number of nitrogens with zero attached hydrogens (tertiary/aromatic N) is 4. The lowest BCUT2D eigenvalue weighted by Crippen LogP contribution is -2.36. The second kappa shape index (κ2) is 9.75. The molecule has 2 aliphatic rings. The number of aliphatic hydroxyl groups excluding tert-OH is 1. The molecule has 182 valence electrons. The van der Waals surface area contributed by atoms with Gasteiger partial charge in [-0.05, 0) is 25.7 Å². The normalized spacial score (nSPS) is 21.6. The zero-order chi connectivity index (χ0) is 23.7. The van der Waals surface area contributed by atoms with Crippen LogP contribution in [0.1, 0.15) is 51.0 Å². The lowest BCUT2D eigenvalue weighted by Gasteiger charge is -2.29. The maximum absolute atomic E-state index is 14.4. The van der Waals surface area contributed by atoms with Crippen molar-refractivity contribution in [2.45, 2.75) is 63.1 Å². The van der Waals surface area contributed by atoms with Crippen LogP contribution >= 0.6 is 0 Å². The number of ether oxygens (including phenoxy) is 1. The van der Waals surface area contributed by atoms with Crippen LogP contribution in [0.4, 0.5) is 30.8 Å². The van der Waals surface area contributed by atoms with Gasteiger partial charge in [0.15, 0.2) is 17.3 Å². The highest BCUT2D eigenvalue weighted by Crippen LogP contribution is 2.35. The van der Waals surface area contributed by atoms with E-state index >= 15 is 0 Å². The number of imidazole rings is 1. The summed E-state index contributed by atoms with van der Waals surface area (Å²) in [5.41, 5.74) is 0.583. The molecule has 0 radical (unpaired) electrons. The lowest BCUT2D eigenvalue weighted by atomic mass is 9.95. The van der Waals surface area contributed by atoms with E-state index in [4.69, 9.17) is 9.72 Å². The molecule has 5 rings (SSSR count). The average Bonchev–Trinajstić information content (AvgIpc) is 3.19. The number of hydrogen-bond acceptors (Lipinski definition) is 7. The van der Waals surface area contributed by atoms with E-state index in [0.29, 0.717) is 42.3 Å². The number of benzene rings is 1. The Bertz CT molecular complexity index is 1140. The maximum Gasteiger partial charge on any atom is 0.224 e. The summed E-state index contributed by atoms with van der Waals surface area (Å²) in [5, 5.41) is 15.5. The molecule has 1 saturated heterocycles. The Morgan fingerprint density at radius 1 is 1.06 bits per heavy atom. The Balaban J connectivity index is 1.51. The molecule has 2 atom stereocenters. The first-order valence-corrected chi connectivity index (χ1v) is 11.7. The minimum absolute atomic E-state index is 0.0436. The van der Waals surface area contributed by atoms with E-state index in [9.17, 15) is 18.3 Å². The fourth-order valence-corrected chi connectivity index (χ4v) is 4.83. The van der Waals surface area contributed by atoms with Crippen LogP contribution in [0, 0.1) is 17.5 Å². The molecule has 1 aromatic carbocycles. The number of aromatic nitrogens is 4. The topological polar surface area (TPSA) is 97.1 Å². The molecule has 0 unspecified atom stereocenters. The number of fused-ring (bicyclic) bond motifs is 1. The number of anilines is 3. The van der Waals surface area contributed by atoms with Gasteiger partial charge in [0, 0.05) is 30.8 Å². The minimum atomic E-state index is -1.04. The van der Waals surface area contributed by atoms with Gasteiger partial charge in [0.25, 0.3) is 0 Å². The van der Waals surface area contributed by atoms with Gasteiger partial charge in [-0.15, -0.1) is 0 Å². The van der Waals surface area contributed by atoms with E-state index < -0.39 is 23.1 Å². The molecule has 2 aromatic heterocycles. The van der Waals surface area contributed by atoms with E-state index in [-0.39, 0.29) is 30.7 Å². The van der Waals surface area contributed by atoms with E-state index in [0.717, 1.165) is 38.5 Å². The second-order valence-electron chi connectivity index (χ2n) is 8.91. The predicted molar refractivity (Wildman–Crippen MR) is 121 cm³/mol. The van der Waals surface area contributed by atoms with E-state index in [2.05, 4.69) is 20.6 Å². The van der Waals surface area contributed by atoms with Crippen molar-refractivity contribution >= 4 is 28.7 Å². The third-order valence-corrected chi connectivity index (χ3v) is 6.52. The molecule has 11 heteroatoms. The molecule has 1 saturated carbocycles. The lowest BCUT2D eigenvalue weighted by molar-refractivity contribution is -0.0213. The van der Waals surface area contributed by atoms with Crippen molar-refractivity contribution in [1.29, 1.82) is 0 Å². The number of halogens is 3. The summed E-state index contributed by atoms with van der Waals surface area (Å²) in [6.45, 7) is 0.492. The summed E-state index contributed by atoms with van der Waals surface area (Å²) >= 11 is 0. The van der Waals surface area contributed by atoms with E-state index in [1.165, 1.54) is 0 Å².